The van der Waals surface area contributed by atoms with Crippen molar-refractivity contribution in [3.63, 3.8) is 0 Å². The van der Waals surface area contributed by atoms with Gasteiger partial charge in [-0.2, -0.15) is 0 Å². The number of hydrogen-bond acceptors (Lipinski definition) is 3. The van der Waals surface area contributed by atoms with Crippen molar-refractivity contribution in [3.05, 3.63) is 29.8 Å². The third-order valence-electron chi connectivity index (χ3n) is 1.83. The van der Waals surface area contributed by atoms with Gasteiger partial charge < -0.3 is 9.84 Å². The fourth-order valence-corrected chi connectivity index (χ4v) is 0.990. The molecule has 1 aromatic rings. The maximum atomic E-state index is 11.3. The Morgan fingerprint density at radius 1 is 1.25 bits per heavy atom. The summed E-state index contributed by atoms with van der Waals surface area (Å²) in [5.74, 6) is -0.187. The van der Waals surface area contributed by atoms with Crippen molar-refractivity contribution in [2.45, 2.75) is 19.8 Å². The van der Waals surface area contributed by atoms with Crippen molar-refractivity contribution in [1.29, 1.82) is 0 Å². The minimum atomic E-state index is -0.335. The first-order valence-corrected chi connectivity index (χ1v) is 4.70. The molecule has 5 heteroatoms. The number of carbonyl (C=O) groups is 1. The second-order valence-electron chi connectivity index (χ2n) is 3.04. The van der Waals surface area contributed by atoms with Gasteiger partial charge in [0.15, 0.2) is 0 Å². The summed E-state index contributed by atoms with van der Waals surface area (Å²) in [6.07, 6.45) is 1.88. The molecule has 0 aliphatic heterocycles. The molecule has 0 amide bonds. The molecule has 16 heavy (non-hydrogen) atoms. The summed E-state index contributed by atoms with van der Waals surface area (Å²) < 4.78 is 4.99. The monoisotopic (exact) mass is 272 g/mol. The van der Waals surface area contributed by atoms with Gasteiger partial charge in [-0.3, -0.25) is 0 Å². The van der Waals surface area contributed by atoms with Gasteiger partial charge in [0.25, 0.3) is 0 Å². The quantitative estimate of drug-likeness (QED) is 0.514. The number of rotatable bonds is 4. The normalized spacial score (nSPS) is 8.56. The molecule has 78 valence electrons. The van der Waals surface area contributed by atoms with Gasteiger partial charge in [0.05, 0.1) is 12.2 Å². The molecule has 0 aromatic heterocycles. The molecule has 1 rings (SSSR count). The number of benzene rings is 1. The van der Waals surface area contributed by atoms with Crippen molar-refractivity contribution in [2.75, 3.05) is 6.61 Å². The number of esters is 1. The van der Waals surface area contributed by atoms with Crippen molar-refractivity contribution in [1.82, 2.24) is 0 Å². The van der Waals surface area contributed by atoms with Crippen LogP contribution in [0, 0.1) is 0 Å². The van der Waals surface area contributed by atoms with Crippen LogP contribution in [0.5, 0.6) is 5.75 Å². The molecule has 2 radical (unpaired) electrons. The average Bonchev–Trinajstić information content (AvgIpc) is 2.19. The van der Waals surface area contributed by atoms with Crippen molar-refractivity contribution in [2.24, 2.45) is 0 Å². The first kappa shape index (κ1) is 20.1. The van der Waals surface area contributed by atoms with E-state index in [-0.39, 0.29) is 114 Å². The summed E-state index contributed by atoms with van der Waals surface area (Å²) in [5.41, 5.74) is 0.471. The summed E-state index contributed by atoms with van der Waals surface area (Å²) in [7, 11) is 0. The standard InChI is InChI=1S/C11H14O3.2K/c1-2-3-8-14-11(13)9-4-6-10(12)7-5-9;;/h4-7,12H,2-3,8H2,1H3;;. The SMILES string of the molecule is CCCCOC(=O)c1ccc(O)cc1.[K].[K]. The fraction of sp³-hybridized carbons (Fsp3) is 0.364. The molecule has 0 aliphatic rings. The Morgan fingerprint density at radius 2 is 1.81 bits per heavy atom. The third-order valence-corrected chi connectivity index (χ3v) is 1.83. The first-order valence-electron chi connectivity index (χ1n) is 4.70. The Balaban J connectivity index is 0. The molecule has 1 aromatic carbocycles. The molecule has 0 saturated heterocycles. The summed E-state index contributed by atoms with van der Waals surface area (Å²) in [6.45, 7) is 2.49. The molecule has 0 saturated carbocycles. The number of ether oxygens (including phenoxy) is 1. The number of hydrogen-bond donors (Lipinski definition) is 1. The number of phenolic OH excluding ortho intramolecular Hbond substituents is 1. The van der Waals surface area contributed by atoms with E-state index in [9.17, 15) is 4.79 Å². The molecule has 3 nitrogen and oxygen atoms in total. The zero-order chi connectivity index (χ0) is 10.4. The van der Waals surface area contributed by atoms with Gasteiger partial charge in [0.1, 0.15) is 5.75 Å². The van der Waals surface area contributed by atoms with E-state index >= 15 is 0 Å². The average molecular weight is 272 g/mol. The molecule has 1 N–H and O–H groups in total. The molecule has 0 aliphatic carbocycles. The molecule has 0 heterocycles. The Labute approximate surface area is 181 Å². The van der Waals surface area contributed by atoms with Gasteiger partial charge in [-0.05, 0) is 30.7 Å². The topological polar surface area (TPSA) is 46.5 Å². The van der Waals surface area contributed by atoms with Crippen LogP contribution in [0.2, 0.25) is 0 Å². The van der Waals surface area contributed by atoms with Gasteiger partial charge in [-0.25, -0.2) is 4.79 Å². The maximum absolute atomic E-state index is 11.3. The second kappa shape index (κ2) is 11.8. The van der Waals surface area contributed by atoms with Gasteiger partial charge in [-0.15, -0.1) is 0 Å². The number of unbranched alkanes of at least 4 members (excludes halogenated alkanes) is 1. The molecule has 0 unspecified atom stereocenters. The fourth-order valence-electron chi connectivity index (χ4n) is 0.990. The minimum absolute atomic E-state index is 0. The van der Waals surface area contributed by atoms with Gasteiger partial charge in [0, 0.05) is 103 Å². The summed E-state index contributed by atoms with van der Waals surface area (Å²) in [4.78, 5) is 11.3. The van der Waals surface area contributed by atoms with Crippen LogP contribution in [0.4, 0.5) is 0 Å². The smallest absolute Gasteiger partial charge is 0.338 e. The van der Waals surface area contributed by atoms with E-state index in [0.717, 1.165) is 12.8 Å². The van der Waals surface area contributed by atoms with Crippen LogP contribution in [0.1, 0.15) is 30.1 Å². The van der Waals surface area contributed by atoms with E-state index in [0.29, 0.717) is 12.2 Å². The molecule has 0 atom stereocenters. The number of carbonyl (C=O) groups excluding carboxylic acids is 1. The largest absolute Gasteiger partial charge is 0.508 e. The van der Waals surface area contributed by atoms with E-state index in [1.165, 1.54) is 12.1 Å². The number of aromatic hydroxyl groups is 1. The van der Waals surface area contributed by atoms with E-state index in [4.69, 9.17) is 9.84 Å². The van der Waals surface area contributed by atoms with Crippen molar-refractivity contribution >= 4 is 109 Å². The van der Waals surface area contributed by atoms with Crippen LogP contribution in [0.15, 0.2) is 24.3 Å². The van der Waals surface area contributed by atoms with E-state index in [1.807, 2.05) is 6.92 Å². The zero-order valence-corrected chi connectivity index (χ0v) is 16.4. The van der Waals surface area contributed by atoms with Crippen LogP contribution in [0.25, 0.3) is 0 Å². The van der Waals surface area contributed by atoms with Gasteiger partial charge in [-0.1, -0.05) is 13.3 Å². The van der Waals surface area contributed by atoms with E-state index in [1.54, 1.807) is 12.1 Å². The van der Waals surface area contributed by atoms with Gasteiger partial charge >= 0.3 is 5.97 Å². The second-order valence-corrected chi connectivity index (χ2v) is 3.04. The number of phenols is 1. The minimum Gasteiger partial charge on any atom is -0.508 e. The Bertz CT molecular complexity index is 299. The Hall–Kier alpha value is 1.76. The summed E-state index contributed by atoms with van der Waals surface area (Å²) >= 11 is 0. The first-order chi connectivity index (χ1) is 6.74. The Morgan fingerprint density at radius 3 is 2.31 bits per heavy atom. The van der Waals surface area contributed by atoms with Crippen LogP contribution in [0.3, 0.4) is 0 Å². The van der Waals surface area contributed by atoms with Crippen LogP contribution < -0.4 is 0 Å². The van der Waals surface area contributed by atoms with Crippen LogP contribution in [-0.4, -0.2) is 120 Å². The van der Waals surface area contributed by atoms with Gasteiger partial charge in [0.2, 0.25) is 0 Å². The molecule has 0 fully saturated rings. The zero-order valence-electron chi connectivity index (χ0n) is 10.2. The van der Waals surface area contributed by atoms with Crippen LogP contribution in [-0.2, 0) is 4.74 Å². The van der Waals surface area contributed by atoms with E-state index < -0.39 is 0 Å². The summed E-state index contributed by atoms with van der Waals surface area (Å²) in [5, 5.41) is 9.00. The van der Waals surface area contributed by atoms with Crippen molar-refractivity contribution < 1.29 is 14.6 Å². The maximum Gasteiger partial charge on any atom is 0.338 e. The molecule has 0 spiro atoms. The third kappa shape index (κ3) is 7.97. The van der Waals surface area contributed by atoms with Crippen LogP contribution >= 0.6 is 0 Å². The molecular formula is C11H14K2O3. The molecule has 0 bridgehead atoms. The van der Waals surface area contributed by atoms with Crippen molar-refractivity contribution in [3.8, 4) is 5.75 Å². The molecular weight excluding hydrogens is 258 g/mol. The predicted octanol–water partition coefficient (Wildman–Crippen LogP) is 1.59. The predicted molar refractivity (Wildman–Crippen MR) is 64.8 cm³/mol. The Kier molecular flexibility index (Phi) is 14.9. The summed E-state index contributed by atoms with van der Waals surface area (Å²) in [6, 6.07) is 6.03. The van der Waals surface area contributed by atoms with E-state index in [2.05, 4.69) is 0 Å².